The first-order valence-electron chi connectivity index (χ1n) is 7.26. The lowest BCUT2D eigenvalue weighted by Crippen LogP contribution is -2.50. The lowest BCUT2D eigenvalue weighted by Gasteiger charge is -2.38. The third kappa shape index (κ3) is 4.16. The third-order valence-corrected chi connectivity index (χ3v) is 3.59. The van der Waals surface area contributed by atoms with Crippen LogP contribution in [0.15, 0.2) is 18.3 Å². The second kappa shape index (κ2) is 6.08. The van der Waals surface area contributed by atoms with Gasteiger partial charge in [-0.25, -0.2) is 0 Å². The van der Waals surface area contributed by atoms with Gasteiger partial charge in [-0.15, -0.1) is 0 Å². The molecule has 0 bridgehead atoms. The van der Waals surface area contributed by atoms with Crippen LogP contribution in [0.25, 0.3) is 0 Å². The molecule has 112 valence electrons. The molecule has 1 aromatic rings. The van der Waals surface area contributed by atoms with E-state index in [-0.39, 0.29) is 6.04 Å². The fourth-order valence-electron chi connectivity index (χ4n) is 2.57. The molecule has 1 aromatic heterocycles. The van der Waals surface area contributed by atoms with E-state index in [1.165, 1.54) is 0 Å². The fraction of sp³-hybridized carbons (Fsp3) is 0.667. The normalized spacial score (nSPS) is 19.1. The van der Waals surface area contributed by atoms with Crippen molar-refractivity contribution in [3.8, 4) is 0 Å². The number of anilines is 1. The van der Waals surface area contributed by atoms with Crippen LogP contribution >= 0.6 is 0 Å². The van der Waals surface area contributed by atoms with Gasteiger partial charge < -0.3 is 15.7 Å². The minimum absolute atomic E-state index is 0.0207. The molecule has 0 aliphatic carbocycles. The van der Waals surface area contributed by atoms with E-state index in [1.807, 2.05) is 33.0 Å². The highest BCUT2D eigenvalue weighted by Gasteiger charge is 2.22. The van der Waals surface area contributed by atoms with Gasteiger partial charge in [0.15, 0.2) is 0 Å². The molecule has 0 aromatic carbocycles. The summed E-state index contributed by atoms with van der Waals surface area (Å²) < 4.78 is 0. The Labute approximate surface area is 121 Å². The van der Waals surface area contributed by atoms with Crippen molar-refractivity contribution in [2.24, 2.45) is 5.73 Å². The van der Waals surface area contributed by atoms with Crippen molar-refractivity contribution in [2.45, 2.75) is 32.4 Å². The Kier molecular flexibility index (Phi) is 4.62. The van der Waals surface area contributed by atoms with Crippen LogP contribution in [0.2, 0.25) is 0 Å². The van der Waals surface area contributed by atoms with Crippen molar-refractivity contribution >= 4 is 5.69 Å². The average Bonchev–Trinajstić information content (AvgIpc) is 2.38. The fourth-order valence-corrected chi connectivity index (χ4v) is 2.57. The molecule has 0 spiro atoms. The first-order valence-corrected chi connectivity index (χ1v) is 7.26. The summed E-state index contributed by atoms with van der Waals surface area (Å²) in [5.74, 6) is 0. The summed E-state index contributed by atoms with van der Waals surface area (Å²) in [6, 6.07) is 4.08. The number of nitrogens with zero attached hydrogens (tertiary/aromatic N) is 3. The molecular formula is C15H26N4O. The topological polar surface area (TPSA) is 65.6 Å². The number of hydrogen-bond donors (Lipinski definition) is 2. The largest absolute Gasteiger partial charge is 0.389 e. The van der Waals surface area contributed by atoms with Crippen molar-refractivity contribution in [1.82, 2.24) is 9.88 Å². The second-order valence-electron chi connectivity index (χ2n) is 6.31. The smallest absolute Gasteiger partial charge is 0.0718 e. The van der Waals surface area contributed by atoms with Gasteiger partial charge >= 0.3 is 0 Å². The zero-order chi connectivity index (χ0) is 14.8. The van der Waals surface area contributed by atoms with Crippen LogP contribution < -0.4 is 10.6 Å². The van der Waals surface area contributed by atoms with E-state index in [0.29, 0.717) is 0 Å². The van der Waals surface area contributed by atoms with E-state index in [1.54, 1.807) is 0 Å². The van der Waals surface area contributed by atoms with Gasteiger partial charge in [0.1, 0.15) is 0 Å². The molecule has 3 N–H and O–H groups in total. The lowest BCUT2D eigenvalue weighted by atomic mass is 10.1. The monoisotopic (exact) mass is 278 g/mol. The van der Waals surface area contributed by atoms with Crippen molar-refractivity contribution in [1.29, 1.82) is 0 Å². The van der Waals surface area contributed by atoms with Crippen LogP contribution in [0.5, 0.6) is 0 Å². The number of pyridine rings is 1. The SMILES string of the molecule is C[C@@H](N)c1ccc(N2CCN(CC(C)(C)O)CC2)cn1. The van der Waals surface area contributed by atoms with E-state index >= 15 is 0 Å². The number of aromatic nitrogens is 1. The van der Waals surface area contributed by atoms with E-state index in [4.69, 9.17) is 5.73 Å². The minimum Gasteiger partial charge on any atom is -0.389 e. The van der Waals surface area contributed by atoms with Gasteiger partial charge in [-0.2, -0.15) is 0 Å². The van der Waals surface area contributed by atoms with Crippen LogP contribution in [-0.2, 0) is 0 Å². The summed E-state index contributed by atoms with van der Waals surface area (Å²) in [6.45, 7) is 10.3. The van der Waals surface area contributed by atoms with Gasteiger partial charge in [0.25, 0.3) is 0 Å². The highest BCUT2D eigenvalue weighted by Crippen LogP contribution is 2.18. The molecule has 1 atom stereocenters. The van der Waals surface area contributed by atoms with Crippen LogP contribution in [0.4, 0.5) is 5.69 Å². The van der Waals surface area contributed by atoms with Crippen molar-refractivity contribution < 1.29 is 5.11 Å². The standard InChI is InChI=1S/C15H26N4O/c1-12(16)14-5-4-13(10-17-14)19-8-6-18(7-9-19)11-15(2,3)20/h4-5,10,12,20H,6-9,11,16H2,1-3H3/t12-/m1/s1. The Morgan fingerprint density at radius 3 is 2.40 bits per heavy atom. The summed E-state index contributed by atoms with van der Waals surface area (Å²) in [7, 11) is 0. The highest BCUT2D eigenvalue weighted by molar-refractivity contribution is 5.45. The van der Waals surface area contributed by atoms with Crippen LogP contribution in [-0.4, -0.2) is 53.3 Å². The van der Waals surface area contributed by atoms with Crippen molar-refractivity contribution in [2.75, 3.05) is 37.6 Å². The molecule has 20 heavy (non-hydrogen) atoms. The Bertz CT molecular complexity index is 416. The number of β-amino-alcohol motifs (C(OH)–C–C–N with tert-alkyl or cyclic N) is 1. The number of hydrogen-bond acceptors (Lipinski definition) is 5. The molecule has 5 nitrogen and oxygen atoms in total. The van der Waals surface area contributed by atoms with Gasteiger partial charge in [-0.05, 0) is 32.9 Å². The Balaban J connectivity index is 1.90. The van der Waals surface area contributed by atoms with E-state index in [9.17, 15) is 5.11 Å². The predicted molar refractivity (Wildman–Crippen MR) is 81.8 cm³/mol. The molecular weight excluding hydrogens is 252 g/mol. The van der Waals surface area contributed by atoms with Crippen LogP contribution in [0.3, 0.4) is 0 Å². The van der Waals surface area contributed by atoms with E-state index in [2.05, 4.69) is 20.9 Å². The third-order valence-electron chi connectivity index (χ3n) is 3.59. The van der Waals surface area contributed by atoms with Crippen LogP contribution in [0.1, 0.15) is 32.5 Å². The van der Waals surface area contributed by atoms with Crippen molar-refractivity contribution in [3.63, 3.8) is 0 Å². The Hall–Kier alpha value is -1.17. The molecule has 1 aliphatic rings. The highest BCUT2D eigenvalue weighted by atomic mass is 16.3. The molecule has 2 heterocycles. The molecule has 0 unspecified atom stereocenters. The number of nitrogens with two attached hydrogens (primary N) is 1. The molecule has 0 radical (unpaired) electrons. The van der Waals surface area contributed by atoms with Crippen molar-refractivity contribution in [3.05, 3.63) is 24.0 Å². The maximum absolute atomic E-state index is 9.86. The Morgan fingerprint density at radius 2 is 1.95 bits per heavy atom. The van der Waals surface area contributed by atoms with Gasteiger partial charge in [0.05, 0.1) is 23.2 Å². The van der Waals surface area contributed by atoms with Gasteiger partial charge in [0.2, 0.25) is 0 Å². The zero-order valence-corrected chi connectivity index (χ0v) is 12.7. The first kappa shape index (κ1) is 15.2. The molecule has 0 amide bonds. The maximum atomic E-state index is 9.86. The molecule has 1 saturated heterocycles. The summed E-state index contributed by atoms with van der Waals surface area (Å²) >= 11 is 0. The summed E-state index contributed by atoms with van der Waals surface area (Å²) in [5.41, 5.74) is 7.27. The van der Waals surface area contributed by atoms with Gasteiger partial charge in [-0.1, -0.05) is 0 Å². The number of aliphatic hydroxyl groups is 1. The number of piperazine rings is 1. The summed E-state index contributed by atoms with van der Waals surface area (Å²) in [5, 5.41) is 9.86. The number of rotatable bonds is 4. The molecule has 1 aliphatic heterocycles. The maximum Gasteiger partial charge on any atom is 0.0718 e. The summed E-state index contributed by atoms with van der Waals surface area (Å²) in [4.78, 5) is 9.05. The molecule has 0 saturated carbocycles. The van der Waals surface area contributed by atoms with Gasteiger partial charge in [0, 0.05) is 38.8 Å². The lowest BCUT2D eigenvalue weighted by molar-refractivity contribution is 0.0345. The van der Waals surface area contributed by atoms with Gasteiger partial charge in [-0.3, -0.25) is 9.88 Å². The first-order chi connectivity index (χ1) is 9.35. The minimum atomic E-state index is -0.622. The van der Waals surface area contributed by atoms with E-state index < -0.39 is 5.60 Å². The summed E-state index contributed by atoms with van der Waals surface area (Å²) in [6.07, 6.45) is 1.91. The quantitative estimate of drug-likeness (QED) is 0.860. The zero-order valence-electron chi connectivity index (χ0n) is 12.7. The van der Waals surface area contributed by atoms with Crippen LogP contribution in [0, 0.1) is 0 Å². The molecule has 2 rings (SSSR count). The Morgan fingerprint density at radius 1 is 1.30 bits per heavy atom. The predicted octanol–water partition coefficient (Wildman–Crippen LogP) is 0.994. The second-order valence-corrected chi connectivity index (χ2v) is 6.31. The van der Waals surface area contributed by atoms with E-state index in [0.717, 1.165) is 44.1 Å². The molecule has 1 fully saturated rings. The molecule has 5 heteroatoms. The average molecular weight is 278 g/mol.